The lowest BCUT2D eigenvalue weighted by atomic mass is 9.65. The zero-order valence-corrected chi connectivity index (χ0v) is 13.6. The summed E-state index contributed by atoms with van der Waals surface area (Å²) in [6, 6.07) is 0.654. The molecule has 1 heterocycles. The van der Waals surface area contributed by atoms with E-state index in [0.29, 0.717) is 29.9 Å². The van der Waals surface area contributed by atoms with Crippen molar-refractivity contribution in [2.45, 2.75) is 58.9 Å². The number of nitrogens with zero attached hydrogens (tertiary/aromatic N) is 1. The standard InChI is InChI=1S/C17H34N2O/c1-4-17(2,3)15-6-5-14(10-18)16(9-15)19-8-7-13(11-19)12-20/h13-16,20H,4-12,18H2,1-3H3. The van der Waals surface area contributed by atoms with Gasteiger partial charge in [-0.15, -0.1) is 0 Å². The van der Waals surface area contributed by atoms with E-state index in [0.717, 1.165) is 32.0 Å². The molecule has 0 amide bonds. The number of hydrogen-bond donors (Lipinski definition) is 2. The van der Waals surface area contributed by atoms with E-state index in [1.165, 1.54) is 25.7 Å². The molecule has 1 saturated heterocycles. The molecule has 2 rings (SSSR count). The Morgan fingerprint density at radius 3 is 2.55 bits per heavy atom. The average Bonchev–Trinajstić information content (AvgIpc) is 2.95. The van der Waals surface area contributed by atoms with Crippen molar-refractivity contribution < 1.29 is 5.11 Å². The molecular weight excluding hydrogens is 248 g/mol. The third-order valence-corrected chi connectivity index (χ3v) is 6.32. The monoisotopic (exact) mass is 282 g/mol. The van der Waals surface area contributed by atoms with Crippen LogP contribution in [0.3, 0.4) is 0 Å². The Morgan fingerprint density at radius 1 is 1.25 bits per heavy atom. The molecule has 1 aliphatic carbocycles. The third-order valence-electron chi connectivity index (χ3n) is 6.32. The molecule has 4 unspecified atom stereocenters. The lowest BCUT2D eigenvalue weighted by Crippen LogP contribution is -2.48. The summed E-state index contributed by atoms with van der Waals surface area (Å²) in [7, 11) is 0. The molecule has 0 aromatic heterocycles. The van der Waals surface area contributed by atoms with Crippen molar-refractivity contribution in [1.29, 1.82) is 0 Å². The van der Waals surface area contributed by atoms with Crippen LogP contribution in [-0.2, 0) is 0 Å². The highest BCUT2D eigenvalue weighted by molar-refractivity contribution is 4.94. The Balaban J connectivity index is 2.03. The van der Waals surface area contributed by atoms with Crippen molar-refractivity contribution in [2.24, 2.45) is 28.9 Å². The molecule has 2 aliphatic rings. The van der Waals surface area contributed by atoms with Crippen LogP contribution < -0.4 is 5.73 Å². The van der Waals surface area contributed by atoms with Gasteiger partial charge >= 0.3 is 0 Å². The summed E-state index contributed by atoms with van der Waals surface area (Å²) in [5.74, 6) is 1.98. The van der Waals surface area contributed by atoms with Gasteiger partial charge < -0.3 is 10.8 Å². The van der Waals surface area contributed by atoms with Crippen molar-refractivity contribution in [2.75, 3.05) is 26.2 Å². The predicted molar refractivity (Wildman–Crippen MR) is 84.5 cm³/mol. The SMILES string of the molecule is CCC(C)(C)C1CCC(CN)C(N2CCC(CO)C2)C1. The van der Waals surface area contributed by atoms with Gasteiger partial charge in [0.05, 0.1) is 0 Å². The number of likely N-dealkylation sites (tertiary alicyclic amines) is 1. The fraction of sp³-hybridized carbons (Fsp3) is 1.00. The molecule has 0 radical (unpaired) electrons. The lowest BCUT2D eigenvalue weighted by Gasteiger charge is -2.46. The Bertz CT molecular complexity index is 305. The fourth-order valence-electron chi connectivity index (χ4n) is 4.24. The number of aliphatic hydroxyl groups excluding tert-OH is 1. The predicted octanol–water partition coefficient (Wildman–Crippen LogP) is 2.48. The van der Waals surface area contributed by atoms with Crippen LogP contribution in [0.1, 0.15) is 52.9 Å². The van der Waals surface area contributed by atoms with Crippen molar-refractivity contribution in [1.82, 2.24) is 4.90 Å². The van der Waals surface area contributed by atoms with Gasteiger partial charge in [0.2, 0.25) is 0 Å². The van der Waals surface area contributed by atoms with E-state index in [1.54, 1.807) is 0 Å². The van der Waals surface area contributed by atoms with Gasteiger partial charge in [0, 0.05) is 19.2 Å². The van der Waals surface area contributed by atoms with E-state index in [2.05, 4.69) is 25.7 Å². The minimum Gasteiger partial charge on any atom is -0.396 e. The van der Waals surface area contributed by atoms with Gasteiger partial charge in [-0.1, -0.05) is 27.2 Å². The second kappa shape index (κ2) is 6.76. The van der Waals surface area contributed by atoms with Crippen LogP contribution in [0, 0.1) is 23.2 Å². The zero-order chi connectivity index (χ0) is 14.8. The highest BCUT2D eigenvalue weighted by Gasteiger charge is 2.40. The van der Waals surface area contributed by atoms with Crippen LogP contribution in [0.2, 0.25) is 0 Å². The highest BCUT2D eigenvalue weighted by atomic mass is 16.3. The van der Waals surface area contributed by atoms with Gasteiger partial charge in [-0.25, -0.2) is 0 Å². The molecule has 20 heavy (non-hydrogen) atoms. The normalized spacial score (nSPS) is 36.5. The molecule has 0 aromatic rings. The van der Waals surface area contributed by atoms with Crippen LogP contribution in [-0.4, -0.2) is 42.3 Å². The van der Waals surface area contributed by atoms with Gasteiger partial charge in [0.1, 0.15) is 0 Å². The van der Waals surface area contributed by atoms with Crippen molar-refractivity contribution in [3.8, 4) is 0 Å². The molecule has 3 N–H and O–H groups in total. The third kappa shape index (κ3) is 3.37. The Hall–Kier alpha value is -0.120. The zero-order valence-electron chi connectivity index (χ0n) is 13.6. The van der Waals surface area contributed by atoms with Crippen LogP contribution in [0.5, 0.6) is 0 Å². The summed E-state index contributed by atoms with van der Waals surface area (Å²) in [5, 5.41) is 9.37. The van der Waals surface area contributed by atoms with Crippen LogP contribution >= 0.6 is 0 Å². The topological polar surface area (TPSA) is 49.5 Å². The number of hydrogen-bond acceptors (Lipinski definition) is 3. The first-order valence-corrected chi connectivity index (χ1v) is 8.56. The molecule has 0 aromatic carbocycles. The first-order valence-electron chi connectivity index (χ1n) is 8.56. The van der Waals surface area contributed by atoms with Crippen LogP contribution in [0.25, 0.3) is 0 Å². The van der Waals surface area contributed by atoms with E-state index in [1.807, 2.05) is 0 Å². The molecule has 118 valence electrons. The van der Waals surface area contributed by atoms with E-state index in [4.69, 9.17) is 5.73 Å². The Morgan fingerprint density at radius 2 is 2.00 bits per heavy atom. The van der Waals surface area contributed by atoms with Crippen molar-refractivity contribution in [3.63, 3.8) is 0 Å². The van der Waals surface area contributed by atoms with Gasteiger partial charge in [-0.05, 0) is 61.9 Å². The molecule has 2 fully saturated rings. The lowest BCUT2D eigenvalue weighted by molar-refractivity contribution is 0.0459. The second-order valence-corrected chi connectivity index (χ2v) is 7.75. The summed E-state index contributed by atoms with van der Waals surface area (Å²) in [6.07, 6.45) is 6.36. The number of aliphatic hydroxyl groups is 1. The van der Waals surface area contributed by atoms with Gasteiger partial charge in [-0.3, -0.25) is 4.90 Å². The summed E-state index contributed by atoms with van der Waals surface area (Å²) < 4.78 is 0. The van der Waals surface area contributed by atoms with Crippen molar-refractivity contribution in [3.05, 3.63) is 0 Å². The molecule has 0 spiro atoms. The Kier molecular flexibility index (Phi) is 5.49. The van der Waals surface area contributed by atoms with Crippen LogP contribution in [0.15, 0.2) is 0 Å². The number of nitrogens with two attached hydrogens (primary N) is 1. The second-order valence-electron chi connectivity index (χ2n) is 7.75. The molecule has 3 heteroatoms. The largest absolute Gasteiger partial charge is 0.396 e. The summed E-state index contributed by atoms with van der Waals surface area (Å²) in [6.45, 7) is 10.6. The van der Waals surface area contributed by atoms with Gasteiger partial charge in [-0.2, -0.15) is 0 Å². The highest BCUT2D eigenvalue weighted by Crippen LogP contribution is 2.44. The molecular formula is C17H34N2O. The quantitative estimate of drug-likeness (QED) is 0.814. The molecule has 0 bridgehead atoms. The van der Waals surface area contributed by atoms with E-state index in [-0.39, 0.29) is 0 Å². The maximum absolute atomic E-state index is 9.37. The summed E-state index contributed by atoms with van der Waals surface area (Å²) in [5.41, 5.74) is 6.49. The van der Waals surface area contributed by atoms with E-state index < -0.39 is 0 Å². The van der Waals surface area contributed by atoms with Gasteiger partial charge in [0.15, 0.2) is 0 Å². The molecule has 4 atom stereocenters. The minimum atomic E-state index is 0.348. The van der Waals surface area contributed by atoms with Crippen LogP contribution in [0.4, 0.5) is 0 Å². The minimum absolute atomic E-state index is 0.348. The van der Waals surface area contributed by atoms with Gasteiger partial charge in [0.25, 0.3) is 0 Å². The fourth-order valence-corrected chi connectivity index (χ4v) is 4.24. The van der Waals surface area contributed by atoms with E-state index >= 15 is 0 Å². The van der Waals surface area contributed by atoms with Crippen molar-refractivity contribution >= 4 is 0 Å². The molecule has 1 saturated carbocycles. The molecule has 3 nitrogen and oxygen atoms in total. The number of rotatable bonds is 5. The maximum atomic E-state index is 9.37. The first-order chi connectivity index (χ1) is 9.51. The summed E-state index contributed by atoms with van der Waals surface area (Å²) in [4.78, 5) is 2.64. The maximum Gasteiger partial charge on any atom is 0.0471 e. The Labute approximate surface area is 124 Å². The average molecular weight is 282 g/mol. The first kappa shape index (κ1) is 16.3. The summed E-state index contributed by atoms with van der Waals surface area (Å²) >= 11 is 0. The smallest absolute Gasteiger partial charge is 0.0471 e. The molecule has 1 aliphatic heterocycles. The van der Waals surface area contributed by atoms with E-state index in [9.17, 15) is 5.11 Å².